The number of anilines is 2. The van der Waals surface area contributed by atoms with Crippen LogP contribution in [-0.2, 0) is 9.47 Å². The van der Waals surface area contributed by atoms with Crippen LogP contribution in [-0.4, -0.2) is 37.6 Å². The summed E-state index contributed by atoms with van der Waals surface area (Å²) in [6.45, 7) is 22.7. The lowest BCUT2D eigenvalue weighted by Gasteiger charge is -2.22. The van der Waals surface area contributed by atoms with Gasteiger partial charge in [0, 0.05) is 0 Å². The Labute approximate surface area is 242 Å². The summed E-state index contributed by atoms with van der Waals surface area (Å²) in [5.74, 6) is 1.61. The summed E-state index contributed by atoms with van der Waals surface area (Å²) in [4.78, 5) is 23.8. The van der Waals surface area contributed by atoms with E-state index in [2.05, 4.69) is 26.6 Å². The maximum Gasteiger partial charge on any atom is 0.412 e. The third kappa shape index (κ3) is 9.64. The van der Waals surface area contributed by atoms with Crippen LogP contribution in [0.25, 0.3) is 0 Å². The van der Waals surface area contributed by atoms with E-state index in [0.29, 0.717) is 0 Å². The fourth-order valence-electron chi connectivity index (χ4n) is 3.77. The standard InChI is InChI=1S/C15H22BrNO3.C15H23NO3/c1-8-9(2)13(19-7)11(16)10(3)12(8)17-14(18)20-15(4,5)6;1-9-8-12(18-7)10(2)11(3)13(9)16-14(17)19-15(4,5)6/h1-7H3,(H,17,18);8H,1-7H3,(H,16,17). The number of amides is 2. The van der Waals surface area contributed by atoms with Crippen LogP contribution in [0, 0.1) is 41.5 Å². The second-order valence-electron chi connectivity index (χ2n) is 11.4. The van der Waals surface area contributed by atoms with Crippen molar-refractivity contribution in [3.05, 3.63) is 43.9 Å². The SMILES string of the molecule is COc1c(C)c(C)c(NC(=O)OC(C)(C)C)c(C)c1Br.COc1cc(C)c(NC(=O)OC(C)(C)C)c(C)c1C. The van der Waals surface area contributed by atoms with Crippen molar-refractivity contribution in [2.24, 2.45) is 0 Å². The molecule has 0 aliphatic carbocycles. The average Bonchev–Trinajstić information content (AvgIpc) is 2.79. The van der Waals surface area contributed by atoms with Crippen molar-refractivity contribution < 1.29 is 28.5 Å². The molecule has 2 N–H and O–H groups in total. The van der Waals surface area contributed by atoms with Crippen molar-refractivity contribution in [3.63, 3.8) is 0 Å². The van der Waals surface area contributed by atoms with Crippen LogP contribution in [0.1, 0.15) is 74.9 Å². The number of hydrogen-bond donors (Lipinski definition) is 2. The van der Waals surface area contributed by atoms with Crippen LogP contribution in [0.4, 0.5) is 21.0 Å². The smallest absolute Gasteiger partial charge is 0.412 e. The monoisotopic (exact) mass is 608 g/mol. The second kappa shape index (κ2) is 13.4. The molecule has 9 heteroatoms. The van der Waals surface area contributed by atoms with Gasteiger partial charge in [0.25, 0.3) is 0 Å². The van der Waals surface area contributed by atoms with Crippen molar-refractivity contribution in [1.82, 2.24) is 0 Å². The topological polar surface area (TPSA) is 95.1 Å². The Morgan fingerprint density at radius 3 is 1.51 bits per heavy atom. The number of methoxy groups -OCH3 is 2. The molecule has 0 fully saturated rings. The maximum atomic E-state index is 11.9. The van der Waals surface area contributed by atoms with Crippen LogP contribution in [0.3, 0.4) is 0 Å². The van der Waals surface area contributed by atoms with Crippen LogP contribution < -0.4 is 20.1 Å². The minimum absolute atomic E-state index is 0.441. The molecule has 39 heavy (non-hydrogen) atoms. The zero-order valence-electron chi connectivity index (χ0n) is 25.9. The fourth-order valence-corrected chi connectivity index (χ4v) is 4.43. The van der Waals surface area contributed by atoms with Crippen LogP contribution >= 0.6 is 15.9 Å². The summed E-state index contributed by atoms with van der Waals surface area (Å²) in [7, 11) is 3.27. The Morgan fingerprint density at radius 2 is 1.10 bits per heavy atom. The number of benzene rings is 2. The van der Waals surface area contributed by atoms with E-state index in [4.69, 9.17) is 18.9 Å². The summed E-state index contributed by atoms with van der Waals surface area (Å²) in [6.07, 6.45) is -0.900. The van der Waals surface area contributed by atoms with Gasteiger partial charge in [-0.05, 0) is 138 Å². The van der Waals surface area contributed by atoms with E-state index in [1.54, 1.807) is 14.2 Å². The summed E-state index contributed by atoms with van der Waals surface area (Å²) in [5.41, 5.74) is 6.32. The molecule has 0 unspecified atom stereocenters. The number of carbonyl (C=O) groups is 2. The van der Waals surface area contributed by atoms with E-state index in [1.807, 2.05) is 89.2 Å². The predicted molar refractivity (Wildman–Crippen MR) is 162 cm³/mol. The molecule has 0 aliphatic rings. The van der Waals surface area contributed by atoms with Gasteiger partial charge in [-0.1, -0.05) is 0 Å². The van der Waals surface area contributed by atoms with Crippen molar-refractivity contribution in [1.29, 1.82) is 0 Å². The number of carbonyl (C=O) groups excluding carboxylic acids is 2. The summed E-state index contributed by atoms with van der Waals surface area (Å²) in [6, 6.07) is 1.91. The fraction of sp³-hybridized carbons (Fsp3) is 0.533. The molecular formula is C30H45BrN2O6. The first-order chi connectivity index (χ1) is 17.7. The predicted octanol–water partition coefficient (Wildman–Crippen LogP) is 8.70. The van der Waals surface area contributed by atoms with Gasteiger partial charge in [0.1, 0.15) is 22.7 Å². The van der Waals surface area contributed by atoms with Crippen molar-refractivity contribution >= 4 is 39.5 Å². The Morgan fingerprint density at radius 1 is 0.667 bits per heavy atom. The quantitative estimate of drug-likeness (QED) is 0.360. The van der Waals surface area contributed by atoms with Crippen molar-refractivity contribution in [3.8, 4) is 11.5 Å². The van der Waals surface area contributed by atoms with E-state index in [1.165, 1.54) is 0 Å². The molecule has 0 heterocycles. The van der Waals surface area contributed by atoms with Crippen LogP contribution in [0.5, 0.6) is 11.5 Å². The molecular weight excluding hydrogens is 564 g/mol. The number of hydrogen-bond acceptors (Lipinski definition) is 6. The molecule has 0 saturated carbocycles. The molecule has 2 amide bonds. The molecule has 2 aromatic rings. The molecule has 0 bridgehead atoms. The van der Waals surface area contributed by atoms with Gasteiger partial charge in [-0.15, -0.1) is 0 Å². The zero-order chi connectivity index (χ0) is 30.5. The van der Waals surface area contributed by atoms with Crippen molar-refractivity contribution in [2.75, 3.05) is 24.9 Å². The zero-order valence-corrected chi connectivity index (χ0v) is 27.5. The molecule has 0 aliphatic heterocycles. The maximum absolute atomic E-state index is 11.9. The molecule has 2 rings (SSSR count). The lowest BCUT2D eigenvalue weighted by Crippen LogP contribution is -2.27. The first kappa shape index (κ1) is 34.1. The largest absolute Gasteiger partial charge is 0.496 e. The van der Waals surface area contributed by atoms with E-state index in [-0.39, 0.29) is 0 Å². The van der Waals surface area contributed by atoms with Gasteiger partial charge < -0.3 is 18.9 Å². The van der Waals surface area contributed by atoms with Gasteiger partial charge >= 0.3 is 12.2 Å². The van der Waals surface area contributed by atoms with E-state index in [9.17, 15) is 9.59 Å². The van der Waals surface area contributed by atoms with Gasteiger partial charge in [0.15, 0.2) is 0 Å². The van der Waals surface area contributed by atoms with Gasteiger partial charge in [-0.2, -0.15) is 0 Å². The number of aryl methyl sites for hydroxylation is 1. The van der Waals surface area contributed by atoms with E-state index in [0.717, 1.165) is 60.7 Å². The minimum atomic E-state index is -0.523. The summed E-state index contributed by atoms with van der Waals surface area (Å²) in [5, 5.41) is 5.63. The highest BCUT2D eigenvalue weighted by molar-refractivity contribution is 9.10. The highest BCUT2D eigenvalue weighted by atomic mass is 79.9. The Kier molecular flexibility index (Phi) is 11.7. The first-order valence-electron chi connectivity index (χ1n) is 12.7. The second-order valence-corrected chi connectivity index (χ2v) is 12.2. The van der Waals surface area contributed by atoms with Gasteiger partial charge in [-0.25, -0.2) is 9.59 Å². The average molecular weight is 610 g/mol. The lowest BCUT2D eigenvalue weighted by atomic mass is 10.0. The normalized spacial score (nSPS) is 11.2. The molecule has 218 valence electrons. The summed E-state index contributed by atoms with van der Waals surface area (Å²) < 4.78 is 22.1. The third-order valence-electron chi connectivity index (χ3n) is 5.91. The number of ether oxygens (including phenoxy) is 4. The number of halogens is 1. The van der Waals surface area contributed by atoms with Gasteiger partial charge in [0.2, 0.25) is 0 Å². The Balaban J connectivity index is 0.000000391. The first-order valence-corrected chi connectivity index (χ1v) is 13.5. The van der Waals surface area contributed by atoms with Gasteiger partial charge in [0.05, 0.1) is 30.1 Å². The van der Waals surface area contributed by atoms with Crippen molar-refractivity contribution in [2.45, 2.75) is 94.3 Å². The molecule has 2 aromatic carbocycles. The summed E-state index contributed by atoms with van der Waals surface area (Å²) >= 11 is 3.51. The third-order valence-corrected chi connectivity index (χ3v) is 6.86. The molecule has 8 nitrogen and oxygen atoms in total. The van der Waals surface area contributed by atoms with E-state index < -0.39 is 23.4 Å². The van der Waals surface area contributed by atoms with Gasteiger partial charge in [-0.3, -0.25) is 10.6 Å². The Bertz CT molecular complexity index is 1180. The number of nitrogens with one attached hydrogen (secondary N) is 2. The molecule has 0 atom stereocenters. The highest BCUT2D eigenvalue weighted by Crippen LogP contribution is 2.39. The highest BCUT2D eigenvalue weighted by Gasteiger charge is 2.22. The molecule has 0 saturated heterocycles. The minimum Gasteiger partial charge on any atom is -0.496 e. The van der Waals surface area contributed by atoms with E-state index >= 15 is 0 Å². The number of rotatable bonds is 4. The van der Waals surface area contributed by atoms with Crippen LogP contribution in [0.15, 0.2) is 10.5 Å². The lowest BCUT2D eigenvalue weighted by molar-refractivity contribution is 0.0624. The molecule has 0 spiro atoms. The molecule has 0 aromatic heterocycles. The van der Waals surface area contributed by atoms with Crippen LogP contribution in [0.2, 0.25) is 0 Å². The Hall–Kier alpha value is -2.94. The molecule has 0 radical (unpaired) electrons.